The van der Waals surface area contributed by atoms with Gasteiger partial charge in [-0.25, -0.2) is 4.39 Å². The fourth-order valence-electron chi connectivity index (χ4n) is 1.56. The molecule has 0 aliphatic carbocycles. The van der Waals surface area contributed by atoms with Crippen LogP contribution in [0.15, 0.2) is 12.1 Å². The van der Waals surface area contributed by atoms with Gasteiger partial charge in [0.25, 0.3) is 5.91 Å². The number of amides is 1. The molecule has 0 saturated carbocycles. The fourth-order valence-corrected chi connectivity index (χ4v) is 2.03. The van der Waals surface area contributed by atoms with Crippen molar-refractivity contribution < 1.29 is 14.3 Å². The van der Waals surface area contributed by atoms with Gasteiger partial charge in [0.05, 0.1) is 22.2 Å². The molecule has 0 atom stereocenters. The lowest BCUT2D eigenvalue weighted by atomic mass is 10.2. The van der Waals surface area contributed by atoms with E-state index in [1.165, 1.54) is 11.0 Å². The first-order valence-electron chi connectivity index (χ1n) is 5.56. The molecule has 1 amide bonds. The molecular formula is C12H14Cl2FNO2. The number of carbonyl (C=O) groups excluding carboxylic acids is 1. The molecule has 0 heterocycles. The third kappa shape index (κ3) is 3.57. The van der Waals surface area contributed by atoms with Gasteiger partial charge in [-0.05, 0) is 18.6 Å². The van der Waals surface area contributed by atoms with Crippen molar-refractivity contribution in [2.45, 2.75) is 13.3 Å². The average molecular weight is 294 g/mol. The van der Waals surface area contributed by atoms with E-state index in [0.717, 1.165) is 12.5 Å². The van der Waals surface area contributed by atoms with Crippen molar-refractivity contribution in [1.29, 1.82) is 0 Å². The van der Waals surface area contributed by atoms with E-state index >= 15 is 0 Å². The number of benzene rings is 1. The van der Waals surface area contributed by atoms with Crippen molar-refractivity contribution >= 4 is 29.1 Å². The lowest BCUT2D eigenvalue weighted by molar-refractivity contribution is 0.0721. The van der Waals surface area contributed by atoms with Crippen molar-refractivity contribution in [2.24, 2.45) is 0 Å². The summed E-state index contributed by atoms with van der Waals surface area (Å²) in [6, 6.07) is 2.22. The van der Waals surface area contributed by atoms with E-state index in [1.54, 1.807) is 0 Å². The lowest BCUT2D eigenvalue weighted by Gasteiger charge is -2.21. The summed E-state index contributed by atoms with van der Waals surface area (Å²) in [5, 5.41) is 8.88. The van der Waals surface area contributed by atoms with Crippen LogP contribution in [0.1, 0.15) is 23.7 Å². The van der Waals surface area contributed by atoms with Crippen LogP contribution in [0.4, 0.5) is 4.39 Å². The smallest absolute Gasteiger partial charge is 0.255 e. The number of rotatable bonds is 5. The summed E-state index contributed by atoms with van der Waals surface area (Å²) in [5.41, 5.74) is 0.0560. The Morgan fingerprint density at radius 3 is 2.56 bits per heavy atom. The van der Waals surface area contributed by atoms with Crippen LogP contribution in [0.3, 0.4) is 0 Å². The van der Waals surface area contributed by atoms with Crippen molar-refractivity contribution in [3.05, 3.63) is 33.6 Å². The number of hydrogen-bond donors (Lipinski definition) is 1. The molecule has 6 heteroatoms. The molecule has 0 radical (unpaired) electrons. The Hall–Kier alpha value is -0.840. The first-order valence-corrected chi connectivity index (χ1v) is 6.31. The van der Waals surface area contributed by atoms with Crippen LogP contribution in [0.5, 0.6) is 0 Å². The molecule has 0 unspecified atom stereocenters. The fraction of sp³-hybridized carbons (Fsp3) is 0.417. The highest BCUT2D eigenvalue weighted by molar-refractivity contribution is 6.36. The van der Waals surface area contributed by atoms with Crippen molar-refractivity contribution in [2.75, 3.05) is 19.7 Å². The van der Waals surface area contributed by atoms with E-state index in [4.69, 9.17) is 28.3 Å². The maximum atomic E-state index is 13.3. The second-order valence-corrected chi connectivity index (χ2v) is 4.58. The molecule has 1 rings (SSSR count). The average Bonchev–Trinajstić information content (AvgIpc) is 2.33. The third-order valence-corrected chi connectivity index (χ3v) is 2.99. The van der Waals surface area contributed by atoms with Crippen LogP contribution < -0.4 is 0 Å². The third-order valence-electron chi connectivity index (χ3n) is 2.39. The maximum absolute atomic E-state index is 13.3. The van der Waals surface area contributed by atoms with Gasteiger partial charge in [0.1, 0.15) is 5.82 Å². The molecule has 0 saturated heterocycles. The number of hydrogen-bond acceptors (Lipinski definition) is 2. The minimum atomic E-state index is -0.690. The van der Waals surface area contributed by atoms with Gasteiger partial charge in [0.15, 0.2) is 0 Å². The Kier molecular flexibility index (Phi) is 5.85. The quantitative estimate of drug-likeness (QED) is 0.848. The van der Waals surface area contributed by atoms with E-state index in [1.807, 2.05) is 6.92 Å². The largest absolute Gasteiger partial charge is 0.395 e. The number of nitrogens with zero attached hydrogens (tertiary/aromatic N) is 1. The van der Waals surface area contributed by atoms with Crippen LogP contribution in [0.25, 0.3) is 0 Å². The van der Waals surface area contributed by atoms with Crippen molar-refractivity contribution in [3.8, 4) is 0 Å². The Morgan fingerprint density at radius 1 is 1.33 bits per heavy atom. The monoisotopic (exact) mass is 293 g/mol. The molecule has 3 nitrogen and oxygen atoms in total. The van der Waals surface area contributed by atoms with Gasteiger partial charge in [-0.1, -0.05) is 30.1 Å². The van der Waals surface area contributed by atoms with Crippen LogP contribution in [0, 0.1) is 5.82 Å². The zero-order chi connectivity index (χ0) is 13.7. The van der Waals surface area contributed by atoms with Crippen LogP contribution in [-0.2, 0) is 0 Å². The van der Waals surface area contributed by atoms with E-state index in [-0.39, 0.29) is 28.8 Å². The predicted octanol–water partition coefficient (Wildman–Crippen LogP) is 2.98. The summed E-state index contributed by atoms with van der Waals surface area (Å²) in [7, 11) is 0. The number of carbonyl (C=O) groups is 1. The first-order chi connectivity index (χ1) is 8.51. The lowest BCUT2D eigenvalue weighted by Crippen LogP contribution is -2.34. The van der Waals surface area contributed by atoms with Gasteiger partial charge >= 0.3 is 0 Å². The Labute approximate surface area is 115 Å². The molecule has 18 heavy (non-hydrogen) atoms. The molecule has 100 valence electrons. The van der Waals surface area contributed by atoms with Gasteiger partial charge in [-0.3, -0.25) is 4.79 Å². The van der Waals surface area contributed by atoms with Crippen molar-refractivity contribution in [1.82, 2.24) is 4.90 Å². The molecular weight excluding hydrogens is 280 g/mol. The zero-order valence-electron chi connectivity index (χ0n) is 9.92. The minimum Gasteiger partial charge on any atom is -0.395 e. The second kappa shape index (κ2) is 6.92. The molecule has 1 aromatic rings. The predicted molar refractivity (Wildman–Crippen MR) is 69.7 cm³/mol. The molecule has 0 aromatic heterocycles. The van der Waals surface area contributed by atoms with Crippen LogP contribution in [0.2, 0.25) is 10.0 Å². The first kappa shape index (κ1) is 15.2. The van der Waals surface area contributed by atoms with Gasteiger partial charge in [0, 0.05) is 13.1 Å². The maximum Gasteiger partial charge on any atom is 0.255 e. The van der Waals surface area contributed by atoms with Crippen molar-refractivity contribution in [3.63, 3.8) is 0 Å². The Morgan fingerprint density at radius 2 is 2.00 bits per heavy atom. The van der Waals surface area contributed by atoms with E-state index in [2.05, 4.69) is 0 Å². The van der Waals surface area contributed by atoms with Gasteiger partial charge in [-0.15, -0.1) is 0 Å². The molecule has 0 fully saturated rings. The number of aliphatic hydroxyl groups excluding tert-OH is 1. The molecule has 0 aliphatic heterocycles. The number of aliphatic hydroxyl groups is 1. The summed E-state index contributed by atoms with van der Waals surface area (Å²) in [4.78, 5) is 13.6. The Balaban J connectivity index is 3.04. The van der Waals surface area contributed by atoms with E-state index < -0.39 is 11.7 Å². The van der Waals surface area contributed by atoms with Gasteiger partial charge in [-0.2, -0.15) is 0 Å². The topological polar surface area (TPSA) is 40.5 Å². The van der Waals surface area contributed by atoms with Gasteiger partial charge < -0.3 is 10.0 Å². The second-order valence-electron chi connectivity index (χ2n) is 3.76. The summed E-state index contributed by atoms with van der Waals surface area (Å²) in [6.45, 7) is 2.41. The molecule has 0 bridgehead atoms. The molecule has 1 aromatic carbocycles. The molecule has 0 spiro atoms. The van der Waals surface area contributed by atoms with E-state index in [0.29, 0.717) is 6.54 Å². The highest BCUT2D eigenvalue weighted by Gasteiger charge is 2.19. The molecule has 1 N–H and O–H groups in total. The Bertz CT molecular complexity index is 434. The summed E-state index contributed by atoms with van der Waals surface area (Å²) in [5.74, 6) is -1.10. The minimum absolute atomic E-state index is 0.0560. The standard InChI is InChI=1S/C12H14Cl2FNO2/c1-2-3-16(4-5-17)12(18)8-6-11(15)10(14)7-9(8)13/h6-7,17H,2-5H2,1H3. The highest BCUT2D eigenvalue weighted by atomic mass is 35.5. The van der Waals surface area contributed by atoms with E-state index in [9.17, 15) is 9.18 Å². The van der Waals surface area contributed by atoms with Crippen LogP contribution >= 0.6 is 23.2 Å². The zero-order valence-corrected chi connectivity index (χ0v) is 11.4. The van der Waals surface area contributed by atoms with Crippen LogP contribution in [-0.4, -0.2) is 35.6 Å². The normalized spacial score (nSPS) is 10.5. The summed E-state index contributed by atoms with van der Waals surface area (Å²) < 4.78 is 13.3. The van der Waals surface area contributed by atoms with Gasteiger partial charge in [0.2, 0.25) is 0 Å². The molecule has 0 aliphatic rings. The highest BCUT2D eigenvalue weighted by Crippen LogP contribution is 2.25. The summed E-state index contributed by atoms with van der Waals surface area (Å²) in [6.07, 6.45) is 0.736. The number of halogens is 3. The SMILES string of the molecule is CCCN(CCO)C(=O)c1cc(F)c(Cl)cc1Cl. The summed E-state index contributed by atoms with van der Waals surface area (Å²) >= 11 is 11.4.